The number of thiazole rings is 1. The Labute approximate surface area is 199 Å². The third-order valence-electron chi connectivity index (χ3n) is 5.17. The van der Waals surface area contributed by atoms with Crippen molar-refractivity contribution in [3.8, 4) is 5.75 Å². The van der Waals surface area contributed by atoms with Crippen molar-refractivity contribution in [2.45, 2.75) is 26.1 Å². The standard InChI is InChI=1S/C23H21ClN4O4S/c1-13(21(29)27-14-7-8-19(32-2)18(24)9-14)25-10-20-26-15(12-33-20)11-28-22(30)16-5-3-4-6-17(16)23(28)31/h3-9,12-13,25H,10-11H2,1-2H3,(H,27,29). The fourth-order valence-corrected chi connectivity index (χ4v) is 4.37. The number of carbonyl (C=O) groups is 3. The Balaban J connectivity index is 1.31. The van der Waals surface area contributed by atoms with Gasteiger partial charge in [-0.2, -0.15) is 0 Å². The van der Waals surface area contributed by atoms with E-state index in [1.165, 1.54) is 23.3 Å². The number of fused-ring (bicyclic) bond motifs is 1. The smallest absolute Gasteiger partial charge is 0.261 e. The van der Waals surface area contributed by atoms with Gasteiger partial charge in [0, 0.05) is 17.6 Å². The SMILES string of the molecule is COc1ccc(NC(=O)C(C)NCc2nc(CN3C(=O)c4ccccc4C3=O)cs2)cc1Cl. The molecule has 1 unspecified atom stereocenters. The molecule has 4 rings (SSSR count). The molecule has 0 saturated heterocycles. The van der Waals surface area contributed by atoms with Crippen molar-refractivity contribution in [3.63, 3.8) is 0 Å². The minimum atomic E-state index is -0.491. The Hall–Kier alpha value is -3.27. The topological polar surface area (TPSA) is 101 Å². The van der Waals surface area contributed by atoms with Crippen LogP contribution in [0.4, 0.5) is 5.69 Å². The molecule has 2 heterocycles. The zero-order valence-electron chi connectivity index (χ0n) is 17.9. The number of hydrogen-bond acceptors (Lipinski definition) is 7. The van der Waals surface area contributed by atoms with Crippen LogP contribution in [0.5, 0.6) is 5.75 Å². The summed E-state index contributed by atoms with van der Waals surface area (Å²) in [5.41, 5.74) is 2.02. The number of benzene rings is 2. The summed E-state index contributed by atoms with van der Waals surface area (Å²) in [4.78, 5) is 43.2. The fourth-order valence-electron chi connectivity index (χ4n) is 3.38. The molecule has 0 bridgehead atoms. The van der Waals surface area contributed by atoms with Crippen LogP contribution in [0, 0.1) is 0 Å². The molecular weight excluding hydrogens is 464 g/mol. The summed E-state index contributed by atoms with van der Waals surface area (Å²) >= 11 is 7.49. The average Bonchev–Trinajstić information content (AvgIpc) is 3.36. The third-order valence-corrected chi connectivity index (χ3v) is 6.36. The highest BCUT2D eigenvalue weighted by atomic mass is 35.5. The normalized spacial score (nSPS) is 13.7. The number of aromatic nitrogens is 1. The van der Waals surface area contributed by atoms with Gasteiger partial charge in [0.1, 0.15) is 10.8 Å². The molecule has 1 aromatic heterocycles. The lowest BCUT2D eigenvalue weighted by Gasteiger charge is -2.14. The molecule has 0 saturated carbocycles. The molecule has 1 atom stereocenters. The fraction of sp³-hybridized carbons (Fsp3) is 0.217. The number of amides is 3. The molecule has 3 amide bonds. The summed E-state index contributed by atoms with van der Waals surface area (Å²) < 4.78 is 5.11. The second-order valence-corrected chi connectivity index (χ2v) is 8.77. The van der Waals surface area contributed by atoms with Gasteiger partial charge in [-0.25, -0.2) is 4.98 Å². The van der Waals surface area contributed by atoms with E-state index in [1.54, 1.807) is 49.4 Å². The van der Waals surface area contributed by atoms with Crippen LogP contribution in [-0.4, -0.2) is 40.8 Å². The van der Waals surface area contributed by atoms with Gasteiger partial charge in [-0.3, -0.25) is 24.6 Å². The van der Waals surface area contributed by atoms with E-state index in [9.17, 15) is 14.4 Å². The number of anilines is 1. The molecule has 2 N–H and O–H groups in total. The summed E-state index contributed by atoms with van der Waals surface area (Å²) in [6, 6.07) is 11.3. The van der Waals surface area contributed by atoms with E-state index < -0.39 is 6.04 Å². The number of methoxy groups -OCH3 is 1. The van der Waals surface area contributed by atoms with Gasteiger partial charge in [0.25, 0.3) is 11.8 Å². The quantitative estimate of drug-likeness (QED) is 0.473. The zero-order chi connectivity index (χ0) is 23.5. The van der Waals surface area contributed by atoms with Gasteiger partial charge in [0.15, 0.2) is 0 Å². The highest BCUT2D eigenvalue weighted by Gasteiger charge is 2.35. The molecule has 0 aliphatic carbocycles. The van der Waals surface area contributed by atoms with Gasteiger partial charge in [-0.15, -0.1) is 11.3 Å². The zero-order valence-corrected chi connectivity index (χ0v) is 19.5. The van der Waals surface area contributed by atoms with Crippen molar-refractivity contribution in [3.05, 3.63) is 74.7 Å². The summed E-state index contributed by atoms with van der Waals surface area (Å²) in [5.74, 6) is -0.319. The second-order valence-electron chi connectivity index (χ2n) is 7.42. The Bertz CT molecular complexity index is 1190. The lowest BCUT2D eigenvalue weighted by atomic mass is 10.1. The van der Waals surface area contributed by atoms with Crippen LogP contribution in [0.3, 0.4) is 0 Å². The van der Waals surface area contributed by atoms with Gasteiger partial charge in [0.05, 0.1) is 41.5 Å². The van der Waals surface area contributed by atoms with Crippen LogP contribution in [0.1, 0.15) is 38.3 Å². The minimum Gasteiger partial charge on any atom is -0.495 e. The Morgan fingerprint density at radius 1 is 1.18 bits per heavy atom. The molecular formula is C23H21ClN4O4S. The summed E-state index contributed by atoms with van der Waals surface area (Å²) in [7, 11) is 1.52. The van der Waals surface area contributed by atoms with E-state index >= 15 is 0 Å². The lowest BCUT2D eigenvalue weighted by molar-refractivity contribution is -0.117. The number of ether oxygens (including phenoxy) is 1. The van der Waals surface area contributed by atoms with Crippen LogP contribution < -0.4 is 15.4 Å². The molecule has 10 heteroatoms. The maximum atomic E-state index is 12.5. The predicted molar refractivity (Wildman–Crippen MR) is 126 cm³/mol. The monoisotopic (exact) mass is 484 g/mol. The van der Waals surface area contributed by atoms with Gasteiger partial charge < -0.3 is 10.1 Å². The molecule has 1 aliphatic heterocycles. The maximum Gasteiger partial charge on any atom is 0.261 e. The van der Waals surface area contributed by atoms with Crippen LogP contribution in [0.25, 0.3) is 0 Å². The van der Waals surface area contributed by atoms with E-state index in [0.29, 0.717) is 39.8 Å². The lowest BCUT2D eigenvalue weighted by Crippen LogP contribution is -2.37. The van der Waals surface area contributed by atoms with Crippen LogP contribution in [0.15, 0.2) is 47.8 Å². The molecule has 3 aromatic rings. The van der Waals surface area contributed by atoms with Gasteiger partial charge >= 0.3 is 0 Å². The molecule has 8 nitrogen and oxygen atoms in total. The minimum absolute atomic E-state index is 0.108. The van der Waals surface area contributed by atoms with Crippen LogP contribution in [0.2, 0.25) is 5.02 Å². The van der Waals surface area contributed by atoms with Crippen LogP contribution >= 0.6 is 22.9 Å². The number of hydrogen-bond donors (Lipinski definition) is 2. The molecule has 1 aliphatic rings. The highest BCUT2D eigenvalue weighted by molar-refractivity contribution is 7.09. The number of halogens is 1. The molecule has 0 spiro atoms. The predicted octanol–water partition coefficient (Wildman–Crippen LogP) is 3.72. The number of nitrogens with one attached hydrogen (secondary N) is 2. The summed E-state index contributed by atoms with van der Waals surface area (Å²) in [5, 5.41) is 8.89. The molecule has 170 valence electrons. The number of imide groups is 1. The van der Waals surface area contributed by atoms with Crippen molar-refractivity contribution in [2.75, 3.05) is 12.4 Å². The van der Waals surface area contributed by atoms with E-state index in [2.05, 4.69) is 15.6 Å². The third kappa shape index (κ3) is 4.90. The van der Waals surface area contributed by atoms with Crippen molar-refractivity contribution >= 4 is 46.3 Å². The first kappa shape index (κ1) is 22.9. The van der Waals surface area contributed by atoms with E-state index in [-0.39, 0.29) is 24.3 Å². The van der Waals surface area contributed by atoms with Gasteiger partial charge in [-0.05, 0) is 37.3 Å². The largest absolute Gasteiger partial charge is 0.495 e. The Kier molecular flexibility index (Phi) is 6.73. The van der Waals surface area contributed by atoms with E-state index in [4.69, 9.17) is 16.3 Å². The maximum absolute atomic E-state index is 12.5. The Morgan fingerprint density at radius 3 is 2.52 bits per heavy atom. The van der Waals surface area contributed by atoms with Crippen molar-refractivity contribution < 1.29 is 19.1 Å². The number of nitrogens with zero attached hydrogens (tertiary/aromatic N) is 2. The van der Waals surface area contributed by atoms with Crippen LogP contribution in [-0.2, 0) is 17.9 Å². The molecule has 0 radical (unpaired) electrons. The van der Waals surface area contributed by atoms with E-state index in [0.717, 1.165) is 5.01 Å². The average molecular weight is 485 g/mol. The first-order valence-corrected chi connectivity index (χ1v) is 11.4. The summed E-state index contributed by atoms with van der Waals surface area (Å²) in [6.07, 6.45) is 0. The summed E-state index contributed by atoms with van der Waals surface area (Å²) in [6.45, 7) is 2.22. The number of rotatable bonds is 8. The highest BCUT2D eigenvalue weighted by Crippen LogP contribution is 2.27. The van der Waals surface area contributed by atoms with Gasteiger partial charge in [0.2, 0.25) is 5.91 Å². The van der Waals surface area contributed by atoms with Crippen molar-refractivity contribution in [1.29, 1.82) is 0 Å². The molecule has 0 fully saturated rings. The first-order chi connectivity index (χ1) is 15.9. The van der Waals surface area contributed by atoms with Gasteiger partial charge in [-0.1, -0.05) is 23.7 Å². The number of carbonyl (C=O) groups excluding carboxylic acids is 3. The first-order valence-electron chi connectivity index (χ1n) is 10.1. The second kappa shape index (κ2) is 9.70. The molecule has 33 heavy (non-hydrogen) atoms. The van der Waals surface area contributed by atoms with Crippen molar-refractivity contribution in [2.24, 2.45) is 0 Å². The molecule has 2 aromatic carbocycles. The van der Waals surface area contributed by atoms with Crippen molar-refractivity contribution in [1.82, 2.24) is 15.2 Å². The Morgan fingerprint density at radius 2 is 1.88 bits per heavy atom. The van der Waals surface area contributed by atoms with E-state index in [1.807, 2.05) is 5.38 Å².